The van der Waals surface area contributed by atoms with Crippen molar-refractivity contribution < 1.29 is 14.3 Å². The van der Waals surface area contributed by atoms with Crippen LogP contribution in [-0.2, 0) is 0 Å². The van der Waals surface area contributed by atoms with Crippen molar-refractivity contribution in [2.45, 2.75) is 0 Å². The maximum absolute atomic E-state index is 13.2. The average molecular weight is 419 g/mol. The third-order valence-electron chi connectivity index (χ3n) is 4.77. The highest BCUT2D eigenvalue weighted by molar-refractivity contribution is 6.34. The fraction of sp³-hybridized carbons (Fsp3) is 0.0833. The molecular formula is C24H19ClN2O3. The molecule has 0 radical (unpaired) electrons. The zero-order valence-corrected chi connectivity index (χ0v) is 17.2. The Kier molecular flexibility index (Phi) is 5.55. The van der Waals surface area contributed by atoms with Crippen LogP contribution in [0.25, 0.3) is 22.2 Å². The number of nitrogens with zero attached hydrogens (tertiary/aromatic N) is 1. The monoisotopic (exact) mass is 418 g/mol. The molecule has 0 aliphatic rings. The second-order valence-corrected chi connectivity index (χ2v) is 7.01. The number of carbonyl (C=O) groups is 1. The Balaban J connectivity index is 1.78. The lowest BCUT2D eigenvalue weighted by atomic mass is 10.0. The van der Waals surface area contributed by atoms with E-state index in [1.807, 2.05) is 48.5 Å². The maximum atomic E-state index is 13.2. The molecule has 30 heavy (non-hydrogen) atoms. The molecule has 4 aromatic rings. The Bertz CT molecular complexity index is 1220. The van der Waals surface area contributed by atoms with Crippen molar-refractivity contribution in [3.8, 4) is 22.8 Å². The van der Waals surface area contributed by atoms with Gasteiger partial charge in [-0.15, -0.1) is 0 Å². The SMILES string of the molecule is COc1ccc(-c2cc(C(=O)Nc3cc(OC)ccc3Cl)c3ccccc3n2)cc1. The minimum atomic E-state index is -0.279. The topological polar surface area (TPSA) is 60.5 Å². The number of anilines is 1. The summed E-state index contributed by atoms with van der Waals surface area (Å²) in [5, 5.41) is 4.08. The molecule has 6 heteroatoms. The van der Waals surface area contributed by atoms with Crippen molar-refractivity contribution in [1.29, 1.82) is 0 Å². The first-order chi connectivity index (χ1) is 14.6. The summed E-state index contributed by atoms with van der Waals surface area (Å²) >= 11 is 6.26. The molecule has 0 saturated carbocycles. The highest BCUT2D eigenvalue weighted by Gasteiger charge is 2.16. The van der Waals surface area contributed by atoms with E-state index in [4.69, 9.17) is 26.1 Å². The standard InChI is InChI=1S/C24H19ClN2O3/c1-29-16-9-7-15(8-10-16)22-14-19(18-5-3-4-6-21(18)26-22)24(28)27-23-13-17(30-2)11-12-20(23)25/h3-14H,1-2H3,(H,27,28). The molecule has 0 aliphatic carbocycles. The van der Waals surface area contributed by atoms with Gasteiger partial charge in [-0.25, -0.2) is 4.98 Å². The Hall–Kier alpha value is -3.57. The van der Waals surface area contributed by atoms with Crippen LogP contribution in [0.2, 0.25) is 5.02 Å². The van der Waals surface area contributed by atoms with Gasteiger partial charge in [0.2, 0.25) is 0 Å². The first-order valence-corrected chi connectivity index (χ1v) is 9.66. The number of halogens is 1. The zero-order valence-electron chi connectivity index (χ0n) is 16.5. The van der Waals surface area contributed by atoms with E-state index in [1.54, 1.807) is 38.5 Å². The van der Waals surface area contributed by atoms with Crippen LogP contribution in [0.4, 0.5) is 5.69 Å². The summed E-state index contributed by atoms with van der Waals surface area (Å²) in [6, 6.07) is 22.0. The second-order valence-electron chi connectivity index (χ2n) is 6.60. The molecule has 4 rings (SSSR count). The van der Waals surface area contributed by atoms with Crippen LogP contribution >= 0.6 is 11.6 Å². The van der Waals surface area contributed by atoms with Crippen molar-refractivity contribution in [2.24, 2.45) is 0 Å². The van der Waals surface area contributed by atoms with Crippen molar-refractivity contribution in [1.82, 2.24) is 4.98 Å². The molecule has 0 bridgehead atoms. The fourth-order valence-corrected chi connectivity index (χ4v) is 3.35. The van der Waals surface area contributed by atoms with Gasteiger partial charge in [-0.3, -0.25) is 4.79 Å². The van der Waals surface area contributed by atoms with E-state index in [1.165, 1.54) is 0 Å². The summed E-state index contributed by atoms with van der Waals surface area (Å²) in [5.41, 5.74) is 3.29. The van der Waals surface area contributed by atoms with Gasteiger partial charge in [-0.05, 0) is 48.5 Å². The Morgan fingerprint density at radius 3 is 2.33 bits per heavy atom. The van der Waals surface area contributed by atoms with Gasteiger partial charge in [0.05, 0.1) is 41.7 Å². The number of hydrogen-bond donors (Lipinski definition) is 1. The number of rotatable bonds is 5. The smallest absolute Gasteiger partial charge is 0.256 e. The number of aromatic nitrogens is 1. The summed E-state index contributed by atoms with van der Waals surface area (Å²) in [5.74, 6) is 1.08. The first-order valence-electron chi connectivity index (χ1n) is 9.28. The summed E-state index contributed by atoms with van der Waals surface area (Å²) < 4.78 is 10.5. The van der Waals surface area contributed by atoms with Crippen LogP contribution < -0.4 is 14.8 Å². The summed E-state index contributed by atoms with van der Waals surface area (Å²) in [7, 11) is 3.18. The van der Waals surface area contributed by atoms with Gasteiger partial charge in [0.25, 0.3) is 5.91 Å². The zero-order chi connectivity index (χ0) is 21.1. The molecular weight excluding hydrogens is 400 g/mol. The van der Waals surface area contributed by atoms with Gasteiger partial charge in [0, 0.05) is 17.0 Å². The molecule has 0 fully saturated rings. The third kappa shape index (κ3) is 3.93. The number of amides is 1. The van der Waals surface area contributed by atoms with E-state index in [-0.39, 0.29) is 5.91 Å². The third-order valence-corrected chi connectivity index (χ3v) is 5.10. The van der Waals surface area contributed by atoms with Crippen molar-refractivity contribution in [3.63, 3.8) is 0 Å². The van der Waals surface area contributed by atoms with Crippen molar-refractivity contribution >= 4 is 34.1 Å². The number of benzene rings is 3. The normalized spacial score (nSPS) is 10.6. The predicted molar refractivity (Wildman–Crippen MR) is 120 cm³/mol. The molecule has 3 aromatic carbocycles. The molecule has 1 N–H and O–H groups in total. The highest BCUT2D eigenvalue weighted by Crippen LogP contribution is 2.30. The highest BCUT2D eigenvalue weighted by atomic mass is 35.5. The van der Waals surface area contributed by atoms with Gasteiger partial charge < -0.3 is 14.8 Å². The minimum Gasteiger partial charge on any atom is -0.497 e. The maximum Gasteiger partial charge on any atom is 0.256 e. The van der Waals surface area contributed by atoms with Gasteiger partial charge >= 0.3 is 0 Å². The number of carbonyl (C=O) groups excluding carboxylic acids is 1. The lowest BCUT2D eigenvalue weighted by Crippen LogP contribution is -2.13. The minimum absolute atomic E-state index is 0.279. The van der Waals surface area contributed by atoms with Crippen LogP contribution in [0, 0.1) is 0 Å². The fourth-order valence-electron chi connectivity index (χ4n) is 3.19. The number of ether oxygens (including phenoxy) is 2. The van der Waals surface area contributed by atoms with Gasteiger partial charge in [-0.1, -0.05) is 29.8 Å². The quantitative estimate of drug-likeness (QED) is 0.443. The first kappa shape index (κ1) is 19.7. The Morgan fingerprint density at radius 1 is 0.900 bits per heavy atom. The van der Waals surface area contributed by atoms with Gasteiger partial charge in [-0.2, -0.15) is 0 Å². The van der Waals surface area contributed by atoms with E-state index in [9.17, 15) is 4.79 Å². The Labute approximate surface area is 179 Å². The summed E-state index contributed by atoms with van der Waals surface area (Å²) in [6.07, 6.45) is 0. The summed E-state index contributed by atoms with van der Waals surface area (Å²) in [4.78, 5) is 17.9. The number of nitrogens with one attached hydrogen (secondary N) is 1. The molecule has 1 amide bonds. The van der Waals surface area contributed by atoms with Gasteiger partial charge in [0.15, 0.2) is 0 Å². The molecule has 0 aliphatic heterocycles. The van der Waals surface area contributed by atoms with Crippen LogP contribution in [0.1, 0.15) is 10.4 Å². The lowest BCUT2D eigenvalue weighted by molar-refractivity contribution is 0.102. The van der Waals surface area contributed by atoms with E-state index >= 15 is 0 Å². The number of methoxy groups -OCH3 is 2. The van der Waals surface area contributed by atoms with Gasteiger partial charge in [0.1, 0.15) is 11.5 Å². The van der Waals surface area contributed by atoms with E-state index < -0.39 is 0 Å². The predicted octanol–water partition coefficient (Wildman–Crippen LogP) is 5.82. The molecule has 0 atom stereocenters. The molecule has 1 aromatic heterocycles. The van der Waals surface area contributed by atoms with E-state index in [2.05, 4.69) is 5.32 Å². The van der Waals surface area contributed by atoms with Crippen molar-refractivity contribution in [3.05, 3.63) is 83.4 Å². The van der Waals surface area contributed by atoms with Crippen LogP contribution in [0.5, 0.6) is 11.5 Å². The van der Waals surface area contributed by atoms with E-state index in [0.29, 0.717) is 27.7 Å². The molecule has 1 heterocycles. The molecule has 0 saturated heterocycles. The van der Waals surface area contributed by atoms with E-state index in [0.717, 1.165) is 22.2 Å². The van der Waals surface area contributed by atoms with Crippen LogP contribution in [0.15, 0.2) is 72.8 Å². The van der Waals surface area contributed by atoms with Crippen LogP contribution in [0.3, 0.4) is 0 Å². The number of para-hydroxylation sites is 1. The number of fused-ring (bicyclic) bond motifs is 1. The lowest BCUT2D eigenvalue weighted by Gasteiger charge is -2.12. The number of pyridine rings is 1. The second kappa shape index (κ2) is 8.43. The molecule has 150 valence electrons. The molecule has 0 spiro atoms. The molecule has 0 unspecified atom stereocenters. The number of hydrogen-bond acceptors (Lipinski definition) is 4. The Morgan fingerprint density at radius 2 is 1.60 bits per heavy atom. The average Bonchev–Trinajstić information content (AvgIpc) is 2.79. The van der Waals surface area contributed by atoms with Crippen molar-refractivity contribution in [2.75, 3.05) is 19.5 Å². The summed E-state index contributed by atoms with van der Waals surface area (Å²) in [6.45, 7) is 0. The molecule has 5 nitrogen and oxygen atoms in total. The largest absolute Gasteiger partial charge is 0.497 e. The van der Waals surface area contributed by atoms with Crippen LogP contribution in [-0.4, -0.2) is 25.1 Å².